The van der Waals surface area contributed by atoms with Crippen LogP contribution in [0.4, 0.5) is 0 Å². The lowest BCUT2D eigenvalue weighted by molar-refractivity contribution is 0.0574. The average Bonchev–Trinajstić information content (AvgIpc) is 3.13. The highest BCUT2D eigenvalue weighted by atomic mass is 79.9. The Labute approximate surface area is 143 Å². The highest BCUT2D eigenvalue weighted by molar-refractivity contribution is 9.10. The number of carbonyl (C=O) groups is 2. The second kappa shape index (κ2) is 5.60. The van der Waals surface area contributed by atoms with Crippen LogP contribution in [0.25, 0.3) is 0 Å². The van der Waals surface area contributed by atoms with E-state index >= 15 is 0 Å². The zero-order chi connectivity index (χ0) is 16.0. The molecule has 2 aliphatic rings. The van der Waals surface area contributed by atoms with Crippen LogP contribution in [0.15, 0.2) is 53.0 Å². The highest BCUT2D eigenvalue weighted by Gasteiger charge is 2.44. The van der Waals surface area contributed by atoms with Crippen LogP contribution in [0.1, 0.15) is 51.5 Å². The summed E-state index contributed by atoms with van der Waals surface area (Å²) in [5.74, 6) is -0.0514. The molecule has 1 aliphatic carbocycles. The van der Waals surface area contributed by atoms with Crippen LogP contribution in [0.2, 0.25) is 0 Å². The normalized spacial score (nSPS) is 23.4. The molecule has 0 radical (unpaired) electrons. The minimum Gasteiger partial charge on any atom is -0.271 e. The molecule has 0 aromatic heterocycles. The Bertz CT molecular complexity index is 749. The van der Waals surface area contributed by atoms with Crippen LogP contribution in [-0.4, -0.2) is 22.8 Å². The first kappa shape index (κ1) is 14.6. The Kier molecular flexibility index (Phi) is 3.57. The van der Waals surface area contributed by atoms with Crippen LogP contribution in [-0.2, 0) is 0 Å². The summed E-state index contributed by atoms with van der Waals surface area (Å²) in [6.07, 6.45) is 2.94. The van der Waals surface area contributed by atoms with E-state index in [1.54, 1.807) is 12.1 Å². The number of halogens is 1. The van der Waals surface area contributed by atoms with Gasteiger partial charge in [-0.3, -0.25) is 14.5 Å². The molecular weight excluding hydrogens is 354 g/mol. The molecule has 0 spiro atoms. The Morgan fingerprint density at radius 3 is 2.09 bits per heavy atom. The first-order valence-electron chi connectivity index (χ1n) is 7.89. The fourth-order valence-electron chi connectivity index (χ4n) is 3.86. The molecule has 3 nitrogen and oxygen atoms in total. The van der Waals surface area contributed by atoms with Crippen molar-refractivity contribution in [1.29, 1.82) is 0 Å². The van der Waals surface area contributed by atoms with Gasteiger partial charge < -0.3 is 0 Å². The van der Waals surface area contributed by atoms with Crippen molar-refractivity contribution in [1.82, 2.24) is 4.90 Å². The number of fused-ring (bicyclic) bond motifs is 1. The summed E-state index contributed by atoms with van der Waals surface area (Å²) in [6.45, 7) is 0. The van der Waals surface area contributed by atoms with Gasteiger partial charge in [0.15, 0.2) is 0 Å². The Morgan fingerprint density at radius 2 is 1.48 bits per heavy atom. The summed E-state index contributed by atoms with van der Waals surface area (Å²) in [5, 5.41) is 0. The number of nitrogens with zero attached hydrogens (tertiary/aromatic N) is 1. The monoisotopic (exact) mass is 369 g/mol. The van der Waals surface area contributed by atoms with E-state index < -0.39 is 0 Å². The largest absolute Gasteiger partial charge is 0.271 e. The van der Waals surface area contributed by atoms with Crippen molar-refractivity contribution in [3.63, 3.8) is 0 Å². The minimum absolute atomic E-state index is 0.0384. The number of carbonyl (C=O) groups excluding carboxylic acids is 2. The second-order valence-corrected chi connectivity index (χ2v) is 7.10. The smallest absolute Gasteiger partial charge is 0.261 e. The van der Waals surface area contributed by atoms with Gasteiger partial charge in [0.05, 0.1) is 11.1 Å². The van der Waals surface area contributed by atoms with E-state index in [1.165, 1.54) is 10.5 Å². The standard InChI is InChI=1S/C19H16BrNO2/c20-13-10-8-12(9-11-13)14-6-3-7-17(14)21-18(22)15-4-1-2-5-16(15)19(21)23/h1-2,4-5,8-11,14,17H,3,6-7H2/t14-,17+/m0/s1. The Balaban J connectivity index is 1.69. The molecule has 116 valence electrons. The van der Waals surface area contributed by atoms with Crippen molar-refractivity contribution in [3.05, 3.63) is 69.7 Å². The van der Waals surface area contributed by atoms with Crippen LogP contribution in [0, 0.1) is 0 Å². The van der Waals surface area contributed by atoms with Gasteiger partial charge >= 0.3 is 0 Å². The van der Waals surface area contributed by atoms with E-state index in [-0.39, 0.29) is 23.8 Å². The van der Waals surface area contributed by atoms with E-state index in [4.69, 9.17) is 0 Å². The van der Waals surface area contributed by atoms with Gasteiger partial charge in [0.25, 0.3) is 11.8 Å². The van der Waals surface area contributed by atoms with Gasteiger partial charge in [0.1, 0.15) is 0 Å². The lowest BCUT2D eigenvalue weighted by Gasteiger charge is -2.28. The fourth-order valence-corrected chi connectivity index (χ4v) is 4.12. The molecule has 0 unspecified atom stereocenters. The maximum Gasteiger partial charge on any atom is 0.261 e. The van der Waals surface area contributed by atoms with Crippen molar-refractivity contribution in [2.75, 3.05) is 0 Å². The van der Waals surface area contributed by atoms with Gasteiger partial charge in [-0.1, -0.05) is 46.6 Å². The predicted molar refractivity (Wildman–Crippen MR) is 91.5 cm³/mol. The molecule has 0 N–H and O–H groups in total. The van der Waals surface area contributed by atoms with Gasteiger partial charge in [-0.05, 0) is 42.7 Å². The Morgan fingerprint density at radius 1 is 0.870 bits per heavy atom. The highest BCUT2D eigenvalue weighted by Crippen LogP contribution is 2.41. The van der Waals surface area contributed by atoms with Crippen molar-refractivity contribution in [3.8, 4) is 0 Å². The molecule has 1 saturated carbocycles. The number of rotatable bonds is 2. The molecule has 23 heavy (non-hydrogen) atoms. The summed E-state index contributed by atoms with van der Waals surface area (Å²) >= 11 is 3.46. The van der Waals surface area contributed by atoms with Crippen molar-refractivity contribution in [2.24, 2.45) is 0 Å². The van der Waals surface area contributed by atoms with Gasteiger partial charge in [-0.2, -0.15) is 0 Å². The maximum atomic E-state index is 12.7. The second-order valence-electron chi connectivity index (χ2n) is 6.18. The van der Waals surface area contributed by atoms with E-state index in [2.05, 4.69) is 28.1 Å². The minimum atomic E-state index is -0.139. The molecular formula is C19H16BrNO2. The lowest BCUT2D eigenvalue weighted by Crippen LogP contribution is -2.41. The van der Waals surface area contributed by atoms with E-state index in [0.717, 1.165) is 23.7 Å². The van der Waals surface area contributed by atoms with Gasteiger partial charge in [0, 0.05) is 16.4 Å². The van der Waals surface area contributed by atoms with Gasteiger partial charge in [-0.15, -0.1) is 0 Å². The van der Waals surface area contributed by atoms with E-state index in [9.17, 15) is 9.59 Å². The first-order chi connectivity index (χ1) is 11.2. The van der Waals surface area contributed by atoms with Crippen LogP contribution in [0.3, 0.4) is 0 Å². The molecule has 0 saturated heterocycles. The fraction of sp³-hybridized carbons (Fsp3) is 0.263. The van der Waals surface area contributed by atoms with Crippen molar-refractivity contribution in [2.45, 2.75) is 31.2 Å². The first-order valence-corrected chi connectivity index (χ1v) is 8.68. The average molecular weight is 370 g/mol. The molecule has 4 heteroatoms. The zero-order valence-corrected chi connectivity index (χ0v) is 14.1. The van der Waals surface area contributed by atoms with Crippen LogP contribution < -0.4 is 0 Å². The predicted octanol–water partition coefficient (Wildman–Crippen LogP) is 4.38. The lowest BCUT2D eigenvalue weighted by atomic mass is 9.93. The van der Waals surface area contributed by atoms with E-state index in [0.29, 0.717) is 11.1 Å². The number of hydrogen-bond donors (Lipinski definition) is 0. The number of imide groups is 1. The van der Waals surface area contributed by atoms with Crippen molar-refractivity contribution >= 4 is 27.7 Å². The topological polar surface area (TPSA) is 37.4 Å². The quantitative estimate of drug-likeness (QED) is 0.736. The molecule has 1 aliphatic heterocycles. The molecule has 1 heterocycles. The molecule has 2 aromatic rings. The summed E-state index contributed by atoms with van der Waals surface area (Å²) in [5.41, 5.74) is 2.28. The molecule has 2 aromatic carbocycles. The van der Waals surface area contributed by atoms with Crippen LogP contribution >= 0.6 is 15.9 Å². The van der Waals surface area contributed by atoms with Crippen molar-refractivity contribution < 1.29 is 9.59 Å². The summed E-state index contributed by atoms with van der Waals surface area (Å²) in [6, 6.07) is 15.3. The van der Waals surface area contributed by atoms with Crippen LogP contribution in [0.5, 0.6) is 0 Å². The van der Waals surface area contributed by atoms with E-state index in [1.807, 2.05) is 24.3 Å². The Hall–Kier alpha value is -1.94. The third-order valence-corrected chi connectivity index (χ3v) is 5.46. The maximum absolute atomic E-state index is 12.7. The molecule has 2 amide bonds. The summed E-state index contributed by atoms with van der Waals surface area (Å²) < 4.78 is 1.04. The third-order valence-electron chi connectivity index (χ3n) is 4.93. The SMILES string of the molecule is O=C1c2ccccc2C(=O)N1[C@@H]1CCC[C@H]1c1ccc(Br)cc1. The van der Waals surface area contributed by atoms with Gasteiger partial charge in [0.2, 0.25) is 0 Å². The summed E-state index contributed by atoms with van der Waals surface area (Å²) in [7, 11) is 0. The number of benzene rings is 2. The molecule has 1 fully saturated rings. The zero-order valence-electron chi connectivity index (χ0n) is 12.5. The number of hydrogen-bond acceptors (Lipinski definition) is 2. The van der Waals surface area contributed by atoms with Gasteiger partial charge in [-0.25, -0.2) is 0 Å². The number of amides is 2. The third kappa shape index (κ3) is 2.32. The molecule has 2 atom stereocenters. The summed E-state index contributed by atoms with van der Waals surface area (Å²) in [4.78, 5) is 26.9. The molecule has 4 rings (SSSR count). The molecule has 0 bridgehead atoms.